The first kappa shape index (κ1) is 14.8. The van der Waals surface area contributed by atoms with Gasteiger partial charge in [-0.3, -0.25) is 0 Å². The van der Waals surface area contributed by atoms with Gasteiger partial charge in [0.25, 0.3) is 0 Å². The van der Waals surface area contributed by atoms with Gasteiger partial charge in [0, 0.05) is 19.1 Å². The van der Waals surface area contributed by atoms with Gasteiger partial charge < -0.3 is 10.1 Å². The fraction of sp³-hybridized carbons (Fsp3) is 0.600. The molecule has 0 radical (unpaired) electrons. The van der Waals surface area contributed by atoms with Crippen molar-refractivity contribution in [1.82, 2.24) is 5.32 Å². The molecule has 1 fully saturated rings. The van der Waals surface area contributed by atoms with Crippen LogP contribution in [0.15, 0.2) is 18.2 Å². The molecule has 0 amide bonds. The summed E-state index contributed by atoms with van der Waals surface area (Å²) in [4.78, 5) is 0. The van der Waals surface area contributed by atoms with Crippen molar-refractivity contribution >= 4 is 11.6 Å². The molecule has 0 aromatic heterocycles. The Morgan fingerprint density at radius 3 is 2.95 bits per heavy atom. The first-order chi connectivity index (χ1) is 9.08. The maximum absolute atomic E-state index is 13.5. The van der Waals surface area contributed by atoms with Gasteiger partial charge in [0.05, 0.1) is 11.1 Å². The van der Waals surface area contributed by atoms with Gasteiger partial charge in [-0.15, -0.1) is 0 Å². The van der Waals surface area contributed by atoms with Crippen molar-refractivity contribution in [3.63, 3.8) is 0 Å². The summed E-state index contributed by atoms with van der Waals surface area (Å²) in [5, 5.41) is 3.62. The normalized spacial score (nSPS) is 23.2. The van der Waals surface area contributed by atoms with E-state index in [-0.39, 0.29) is 16.9 Å². The van der Waals surface area contributed by atoms with E-state index in [1.807, 2.05) is 6.07 Å². The van der Waals surface area contributed by atoms with Crippen LogP contribution in [-0.4, -0.2) is 19.7 Å². The predicted molar refractivity (Wildman–Crippen MR) is 75.9 cm³/mol. The molecule has 1 aliphatic heterocycles. The minimum absolute atomic E-state index is 0.0218. The van der Waals surface area contributed by atoms with Crippen molar-refractivity contribution in [1.29, 1.82) is 0 Å². The molecule has 0 saturated carbocycles. The van der Waals surface area contributed by atoms with E-state index in [0.717, 1.165) is 31.7 Å². The highest BCUT2D eigenvalue weighted by atomic mass is 35.5. The van der Waals surface area contributed by atoms with Crippen LogP contribution in [-0.2, 0) is 4.74 Å². The van der Waals surface area contributed by atoms with E-state index in [2.05, 4.69) is 19.2 Å². The van der Waals surface area contributed by atoms with Gasteiger partial charge in [-0.25, -0.2) is 4.39 Å². The maximum atomic E-state index is 13.5. The highest BCUT2D eigenvalue weighted by Crippen LogP contribution is 2.35. The largest absolute Gasteiger partial charge is 0.373 e. The Hall–Kier alpha value is -0.640. The number of halogens is 2. The van der Waals surface area contributed by atoms with Crippen molar-refractivity contribution in [2.75, 3.05) is 19.7 Å². The molecule has 0 aliphatic carbocycles. The lowest BCUT2D eigenvalue weighted by atomic mass is 9.95. The van der Waals surface area contributed by atoms with Gasteiger partial charge in [0.2, 0.25) is 0 Å². The fourth-order valence-electron chi connectivity index (χ4n) is 2.46. The van der Waals surface area contributed by atoms with E-state index in [0.29, 0.717) is 11.8 Å². The number of hydrogen-bond acceptors (Lipinski definition) is 2. The van der Waals surface area contributed by atoms with Crippen LogP contribution < -0.4 is 5.32 Å². The van der Waals surface area contributed by atoms with Crippen LogP contribution in [0.4, 0.5) is 4.39 Å². The Morgan fingerprint density at radius 1 is 1.47 bits per heavy atom. The van der Waals surface area contributed by atoms with Crippen LogP contribution >= 0.6 is 11.6 Å². The smallest absolute Gasteiger partial charge is 0.142 e. The fourth-order valence-corrected chi connectivity index (χ4v) is 2.58. The summed E-state index contributed by atoms with van der Waals surface area (Å²) >= 11 is 5.71. The van der Waals surface area contributed by atoms with E-state index in [4.69, 9.17) is 16.3 Å². The van der Waals surface area contributed by atoms with E-state index < -0.39 is 0 Å². The molecule has 1 saturated heterocycles. The molecule has 2 atom stereocenters. The molecule has 1 aromatic rings. The molecule has 2 unspecified atom stereocenters. The summed E-state index contributed by atoms with van der Waals surface area (Å²) in [5.41, 5.74) is 0.885. The summed E-state index contributed by atoms with van der Waals surface area (Å²) in [5.74, 6) is 0.664. The van der Waals surface area contributed by atoms with Crippen LogP contribution in [0.3, 0.4) is 0 Å². The molecule has 1 aromatic carbocycles. The molecular formula is C15H21ClFNO. The Bertz CT molecular complexity index is 425. The number of nitrogens with one attached hydrogen (secondary N) is 1. The van der Waals surface area contributed by atoms with Gasteiger partial charge in [0.1, 0.15) is 5.82 Å². The number of ether oxygens (including phenoxy) is 1. The average molecular weight is 286 g/mol. The Balaban J connectivity index is 1.99. The Kier molecular flexibility index (Phi) is 5.20. The zero-order valence-electron chi connectivity index (χ0n) is 11.5. The number of rotatable bonds is 5. The first-order valence-corrected chi connectivity index (χ1v) is 7.23. The standard InChI is InChI=1S/C15H21ClFNO/c1-10(2)8-18-9-12-5-6-19-15(12)11-3-4-13(16)14(17)7-11/h3-4,7,10,12,15,18H,5-6,8-9H2,1-2H3. The lowest BCUT2D eigenvalue weighted by Crippen LogP contribution is -2.28. The summed E-state index contributed by atoms with van der Waals surface area (Å²) in [6.45, 7) is 7.02. The lowest BCUT2D eigenvalue weighted by Gasteiger charge is -2.20. The summed E-state index contributed by atoms with van der Waals surface area (Å²) in [6, 6.07) is 4.96. The quantitative estimate of drug-likeness (QED) is 0.888. The minimum atomic E-state index is -0.372. The molecule has 4 heteroatoms. The van der Waals surface area contributed by atoms with Crippen LogP contribution in [0.1, 0.15) is 31.9 Å². The van der Waals surface area contributed by atoms with Crippen molar-refractivity contribution in [3.8, 4) is 0 Å². The molecule has 106 valence electrons. The van der Waals surface area contributed by atoms with Gasteiger partial charge in [0.15, 0.2) is 0 Å². The number of benzene rings is 1. The van der Waals surface area contributed by atoms with Gasteiger partial charge in [-0.1, -0.05) is 31.5 Å². The second-order valence-corrected chi connectivity index (χ2v) is 5.97. The van der Waals surface area contributed by atoms with Crippen LogP contribution in [0.25, 0.3) is 0 Å². The molecule has 0 spiro atoms. The number of hydrogen-bond donors (Lipinski definition) is 1. The molecule has 1 aliphatic rings. The predicted octanol–water partition coefficient (Wildman–Crippen LogP) is 3.80. The van der Waals surface area contributed by atoms with Crippen LogP contribution in [0.5, 0.6) is 0 Å². The van der Waals surface area contributed by atoms with Gasteiger partial charge in [-0.05, 0) is 36.6 Å². The van der Waals surface area contributed by atoms with Crippen LogP contribution in [0.2, 0.25) is 5.02 Å². The molecule has 1 N–H and O–H groups in total. The van der Waals surface area contributed by atoms with Gasteiger partial charge in [-0.2, -0.15) is 0 Å². The third kappa shape index (κ3) is 3.91. The highest BCUT2D eigenvalue weighted by molar-refractivity contribution is 6.30. The molecular weight excluding hydrogens is 265 g/mol. The SMILES string of the molecule is CC(C)CNCC1CCOC1c1ccc(Cl)c(F)c1. The second-order valence-electron chi connectivity index (χ2n) is 5.57. The molecule has 2 nitrogen and oxygen atoms in total. The maximum Gasteiger partial charge on any atom is 0.142 e. The lowest BCUT2D eigenvalue weighted by molar-refractivity contribution is 0.0901. The van der Waals surface area contributed by atoms with Gasteiger partial charge >= 0.3 is 0 Å². The molecule has 1 heterocycles. The summed E-state index contributed by atoms with van der Waals surface area (Å²) in [6.07, 6.45) is 0.992. The Labute approximate surface area is 119 Å². The molecule has 19 heavy (non-hydrogen) atoms. The van der Waals surface area contributed by atoms with Crippen molar-refractivity contribution in [3.05, 3.63) is 34.6 Å². The zero-order chi connectivity index (χ0) is 13.8. The summed E-state index contributed by atoms with van der Waals surface area (Å²) in [7, 11) is 0. The second kappa shape index (κ2) is 6.69. The van der Waals surface area contributed by atoms with E-state index in [1.54, 1.807) is 6.07 Å². The van der Waals surface area contributed by atoms with Crippen molar-refractivity contribution < 1.29 is 9.13 Å². The van der Waals surface area contributed by atoms with E-state index in [1.165, 1.54) is 6.07 Å². The molecule has 2 rings (SSSR count). The van der Waals surface area contributed by atoms with Crippen LogP contribution in [0, 0.1) is 17.7 Å². The third-order valence-electron chi connectivity index (χ3n) is 3.45. The first-order valence-electron chi connectivity index (χ1n) is 6.85. The Morgan fingerprint density at radius 2 is 2.26 bits per heavy atom. The molecule has 0 bridgehead atoms. The van der Waals surface area contributed by atoms with E-state index >= 15 is 0 Å². The zero-order valence-corrected chi connectivity index (χ0v) is 12.2. The average Bonchev–Trinajstić information content (AvgIpc) is 2.80. The topological polar surface area (TPSA) is 21.3 Å². The van der Waals surface area contributed by atoms with Crippen molar-refractivity contribution in [2.24, 2.45) is 11.8 Å². The highest BCUT2D eigenvalue weighted by Gasteiger charge is 2.29. The summed E-state index contributed by atoms with van der Waals surface area (Å²) < 4.78 is 19.3. The van der Waals surface area contributed by atoms with Crippen molar-refractivity contribution in [2.45, 2.75) is 26.4 Å². The third-order valence-corrected chi connectivity index (χ3v) is 3.75. The minimum Gasteiger partial charge on any atom is -0.373 e. The van der Waals surface area contributed by atoms with E-state index in [9.17, 15) is 4.39 Å². The monoisotopic (exact) mass is 285 g/mol.